The molecular formula is C64H118O6. The van der Waals surface area contributed by atoms with Gasteiger partial charge in [0.1, 0.15) is 13.2 Å². The molecule has 0 spiro atoms. The molecule has 0 aromatic rings. The number of allylic oxidation sites excluding steroid dienone is 6. The number of carbonyl (C=O) groups excluding carboxylic acids is 3. The molecule has 0 amide bonds. The predicted molar refractivity (Wildman–Crippen MR) is 302 cm³/mol. The number of unbranched alkanes of at least 4 members (excludes halogenated alkanes) is 40. The van der Waals surface area contributed by atoms with E-state index < -0.39 is 6.10 Å². The Morgan fingerprint density at radius 1 is 0.271 bits per heavy atom. The largest absolute Gasteiger partial charge is 0.462 e. The second-order valence-corrected chi connectivity index (χ2v) is 21.0. The topological polar surface area (TPSA) is 78.9 Å². The van der Waals surface area contributed by atoms with Crippen LogP contribution in [0.15, 0.2) is 36.5 Å². The van der Waals surface area contributed by atoms with Crippen molar-refractivity contribution in [3.63, 3.8) is 0 Å². The zero-order valence-electron chi connectivity index (χ0n) is 47.1. The molecule has 0 radical (unpaired) electrons. The Morgan fingerprint density at radius 2 is 0.471 bits per heavy atom. The van der Waals surface area contributed by atoms with Gasteiger partial charge in [0.25, 0.3) is 0 Å². The second kappa shape index (κ2) is 59.2. The summed E-state index contributed by atoms with van der Waals surface area (Å²) in [5.41, 5.74) is 0. The van der Waals surface area contributed by atoms with Crippen molar-refractivity contribution in [1.82, 2.24) is 0 Å². The van der Waals surface area contributed by atoms with Gasteiger partial charge in [-0.05, 0) is 96.3 Å². The van der Waals surface area contributed by atoms with E-state index in [0.29, 0.717) is 19.3 Å². The molecule has 0 N–H and O–H groups in total. The van der Waals surface area contributed by atoms with Crippen LogP contribution in [0.5, 0.6) is 0 Å². The molecule has 0 saturated heterocycles. The van der Waals surface area contributed by atoms with Crippen LogP contribution in [0, 0.1) is 0 Å². The Balaban J connectivity index is 4.35. The minimum Gasteiger partial charge on any atom is -0.462 e. The van der Waals surface area contributed by atoms with Crippen molar-refractivity contribution in [2.75, 3.05) is 13.2 Å². The highest BCUT2D eigenvalue weighted by molar-refractivity contribution is 5.71. The fourth-order valence-corrected chi connectivity index (χ4v) is 9.13. The molecule has 6 heteroatoms. The van der Waals surface area contributed by atoms with E-state index >= 15 is 0 Å². The van der Waals surface area contributed by atoms with Crippen molar-refractivity contribution >= 4 is 17.9 Å². The van der Waals surface area contributed by atoms with E-state index in [1.165, 1.54) is 231 Å². The van der Waals surface area contributed by atoms with E-state index in [9.17, 15) is 14.4 Å². The summed E-state index contributed by atoms with van der Waals surface area (Å²) in [4.78, 5) is 38.2. The monoisotopic (exact) mass is 983 g/mol. The van der Waals surface area contributed by atoms with Crippen LogP contribution in [0.3, 0.4) is 0 Å². The maximum atomic E-state index is 12.9. The van der Waals surface area contributed by atoms with Gasteiger partial charge in [0, 0.05) is 19.3 Å². The molecule has 1 atom stereocenters. The Bertz CT molecular complexity index is 1170. The summed E-state index contributed by atoms with van der Waals surface area (Å²) in [5.74, 6) is -0.874. The molecule has 0 aromatic heterocycles. The van der Waals surface area contributed by atoms with E-state index in [1.54, 1.807) is 0 Å². The maximum Gasteiger partial charge on any atom is 0.306 e. The third kappa shape index (κ3) is 56.5. The van der Waals surface area contributed by atoms with Crippen molar-refractivity contribution in [3.8, 4) is 0 Å². The molecule has 0 aliphatic heterocycles. The van der Waals surface area contributed by atoms with Gasteiger partial charge in [0.05, 0.1) is 0 Å². The first-order chi connectivity index (χ1) is 34.5. The van der Waals surface area contributed by atoms with Crippen LogP contribution in [0.25, 0.3) is 0 Å². The van der Waals surface area contributed by atoms with Crippen LogP contribution in [-0.2, 0) is 28.6 Å². The molecule has 0 rings (SSSR count). The van der Waals surface area contributed by atoms with Gasteiger partial charge >= 0.3 is 17.9 Å². The van der Waals surface area contributed by atoms with Crippen LogP contribution < -0.4 is 0 Å². The van der Waals surface area contributed by atoms with Crippen molar-refractivity contribution < 1.29 is 28.6 Å². The molecule has 6 nitrogen and oxygen atoms in total. The SMILES string of the molecule is CCCCCCC/C=C\CCCCCCCC(=O)OC[C@H](COC(=O)CCCCCCCCC/C=C\CCCCCCCCCC)OC(=O)CCCCCCCCC/C=C\CCCCCCCCCC. The van der Waals surface area contributed by atoms with Gasteiger partial charge in [-0.1, -0.05) is 256 Å². The normalized spacial score (nSPS) is 12.2. The second-order valence-electron chi connectivity index (χ2n) is 21.0. The highest BCUT2D eigenvalue weighted by Gasteiger charge is 2.19. The Labute approximate surface area is 435 Å². The molecule has 0 heterocycles. The van der Waals surface area contributed by atoms with Crippen LogP contribution in [0.4, 0.5) is 0 Å². The minimum absolute atomic E-state index is 0.0763. The van der Waals surface area contributed by atoms with Crippen molar-refractivity contribution in [2.24, 2.45) is 0 Å². The zero-order valence-corrected chi connectivity index (χ0v) is 47.1. The first-order valence-corrected chi connectivity index (χ1v) is 31.0. The average Bonchev–Trinajstić information content (AvgIpc) is 3.36. The Morgan fingerprint density at radius 3 is 0.714 bits per heavy atom. The third-order valence-corrected chi connectivity index (χ3v) is 13.8. The fraction of sp³-hybridized carbons (Fsp3) is 0.859. The summed E-state index contributed by atoms with van der Waals surface area (Å²) >= 11 is 0. The molecule has 0 bridgehead atoms. The van der Waals surface area contributed by atoms with Crippen LogP contribution in [-0.4, -0.2) is 37.2 Å². The van der Waals surface area contributed by atoms with Crippen molar-refractivity contribution in [1.29, 1.82) is 0 Å². The number of hydrogen-bond acceptors (Lipinski definition) is 6. The quantitative estimate of drug-likeness (QED) is 0.0261. The number of hydrogen-bond donors (Lipinski definition) is 0. The summed E-state index contributed by atoms with van der Waals surface area (Å²) in [7, 11) is 0. The fourth-order valence-electron chi connectivity index (χ4n) is 9.13. The molecule has 70 heavy (non-hydrogen) atoms. The van der Waals surface area contributed by atoms with Gasteiger partial charge < -0.3 is 14.2 Å². The van der Waals surface area contributed by atoms with Gasteiger partial charge in [-0.3, -0.25) is 14.4 Å². The lowest BCUT2D eigenvalue weighted by Crippen LogP contribution is -2.30. The lowest BCUT2D eigenvalue weighted by Gasteiger charge is -2.18. The smallest absolute Gasteiger partial charge is 0.306 e. The van der Waals surface area contributed by atoms with Gasteiger partial charge in [0.2, 0.25) is 0 Å². The van der Waals surface area contributed by atoms with Crippen LogP contribution >= 0.6 is 0 Å². The standard InChI is InChI=1S/C64H118O6/c1-4-7-10-13-16-19-22-25-28-30-32-34-36-39-42-45-48-51-54-57-63(66)69-60-61(59-68-62(65)56-53-50-47-44-41-38-27-24-21-18-15-12-9-6-3)70-64(67)58-55-52-49-46-43-40-37-35-33-31-29-26-23-20-17-14-11-8-5-2/h24,27,30-33,61H,4-23,25-26,28-29,34-60H2,1-3H3/b27-24-,32-30-,33-31-/t61-/m1/s1. The van der Waals surface area contributed by atoms with Gasteiger partial charge in [-0.15, -0.1) is 0 Å². The predicted octanol–water partition coefficient (Wildman–Crippen LogP) is 20.8. The number of rotatable bonds is 57. The summed E-state index contributed by atoms with van der Waals surface area (Å²) in [6.07, 6.45) is 71.4. The van der Waals surface area contributed by atoms with Gasteiger partial charge in [-0.25, -0.2) is 0 Å². The first kappa shape index (κ1) is 67.6. The Hall–Kier alpha value is -2.37. The summed E-state index contributed by atoms with van der Waals surface area (Å²) in [6.45, 7) is 6.66. The number of esters is 3. The van der Waals surface area contributed by atoms with E-state index in [2.05, 4.69) is 57.2 Å². The van der Waals surface area contributed by atoms with Gasteiger partial charge in [-0.2, -0.15) is 0 Å². The van der Waals surface area contributed by atoms with E-state index in [1.807, 2.05) is 0 Å². The van der Waals surface area contributed by atoms with Crippen LogP contribution in [0.2, 0.25) is 0 Å². The molecule has 0 unspecified atom stereocenters. The molecule has 0 aliphatic carbocycles. The highest BCUT2D eigenvalue weighted by atomic mass is 16.6. The Kier molecular flexibility index (Phi) is 57.2. The highest BCUT2D eigenvalue weighted by Crippen LogP contribution is 2.16. The molecule has 0 aliphatic rings. The van der Waals surface area contributed by atoms with Crippen molar-refractivity contribution in [2.45, 2.75) is 341 Å². The van der Waals surface area contributed by atoms with Gasteiger partial charge in [0.15, 0.2) is 6.10 Å². The van der Waals surface area contributed by atoms with E-state index in [-0.39, 0.29) is 31.1 Å². The molecule has 0 fully saturated rings. The van der Waals surface area contributed by atoms with Crippen molar-refractivity contribution in [3.05, 3.63) is 36.5 Å². The maximum absolute atomic E-state index is 12.9. The molecule has 0 saturated carbocycles. The lowest BCUT2D eigenvalue weighted by molar-refractivity contribution is -0.167. The molecular weight excluding hydrogens is 865 g/mol. The third-order valence-electron chi connectivity index (χ3n) is 13.8. The average molecular weight is 984 g/mol. The summed E-state index contributed by atoms with van der Waals surface area (Å²) in [5, 5.41) is 0. The molecule has 410 valence electrons. The van der Waals surface area contributed by atoms with E-state index in [4.69, 9.17) is 14.2 Å². The first-order valence-electron chi connectivity index (χ1n) is 31.0. The molecule has 0 aromatic carbocycles. The summed E-state index contributed by atoms with van der Waals surface area (Å²) in [6, 6.07) is 0. The number of ether oxygens (including phenoxy) is 3. The van der Waals surface area contributed by atoms with Crippen LogP contribution in [0.1, 0.15) is 335 Å². The number of carbonyl (C=O) groups is 3. The van der Waals surface area contributed by atoms with E-state index in [0.717, 1.165) is 64.2 Å². The minimum atomic E-state index is -0.779. The lowest BCUT2D eigenvalue weighted by atomic mass is 10.1. The summed E-state index contributed by atoms with van der Waals surface area (Å²) < 4.78 is 16.9. The zero-order chi connectivity index (χ0) is 50.7.